The lowest BCUT2D eigenvalue weighted by molar-refractivity contribution is -0.438. The third kappa shape index (κ3) is 26.2. The quantitative estimate of drug-likeness (QED) is 0.00289. The zero-order valence-corrected chi connectivity index (χ0v) is 65.5. The van der Waals surface area contributed by atoms with E-state index < -0.39 is 91.7 Å². The highest BCUT2D eigenvalue weighted by atomic mass is 33.1. The van der Waals surface area contributed by atoms with Gasteiger partial charge in [-0.25, -0.2) is 18.7 Å². The number of hydrogen-bond donors (Lipinski definition) is 10. The number of likely N-dealkylation sites (N-methyl/N-ethyl adjacent to an activating group) is 1. The second-order valence-electron chi connectivity index (χ2n) is 25.9. The summed E-state index contributed by atoms with van der Waals surface area (Å²) >= 11 is 0. The van der Waals surface area contributed by atoms with E-state index in [0.717, 1.165) is 46.8 Å². The first kappa shape index (κ1) is 86.8. The molecule has 2 aromatic carbocycles. The highest BCUT2D eigenvalue weighted by molar-refractivity contribution is 8.77. The molecule has 584 valence electrons. The largest absolute Gasteiger partial charge is 0.719 e. The van der Waals surface area contributed by atoms with Crippen molar-refractivity contribution < 1.29 is 115 Å². The average molecular weight is 1620 g/mol. The van der Waals surface area contributed by atoms with Gasteiger partial charge in [0.2, 0.25) is 17.5 Å². The highest BCUT2D eigenvalue weighted by Gasteiger charge is 2.46. The maximum atomic E-state index is 12.9. The van der Waals surface area contributed by atoms with E-state index in [1.54, 1.807) is 22.9 Å². The second-order valence-corrected chi connectivity index (χ2v) is 35.6. The Morgan fingerprint density at radius 2 is 1.51 bits per heavy atom. The van der Waals surface area contributed by atoms with Gasteiger partial charge in [-0.2, -0.15) is 26.4 Å². The number of nitrogens with two attached hydrogens (primary N) is 1. The maximum Gasteiger partial charge on any atom is 0.719 e. The van der Waals surface area contributed by atoms with Crippen LogP contribution in [0.1, 0.15) is 129 Å². The van der Waals surface area contributed by atoms with Crippen molar-refractivity contribution in [2.24, 2.45) is 0 Å². The molecule has 106 heavy (non-hydrogen) atoms. The number of H-pyrrole nitrogens is 1. The third-order valence-electron chi connectivity index (χ3n) is 16.8. The fourth-order valence-corrected chi connectivity index (χ4v) is 17.2. The first-order chi connectivity index (χ1) is 49.9. The van der Waals surface area contributed by atoms with Crippen molar-refractivity contribution >= 4 is 118 Å². The molecule has 0 aliphatic carbocycles. The number of phosphoric ester groups is 1. The summed E-state index contributed by atoms with van der Waals surface area (Å²) < 4.78 is 152. The van der Waals surface area contributed by atoms with E-state index in [-0.39, 0.29) is 102 Å². The van der Waals surface area contributed by atoms with Crippen LogP contribution in [0.25, 0.3) is 11.0 Å². The third-order valence-corrected chi connectivity index (χ3v) is 24.7. The Hall–Kier alpha value is -6.40. The number of rotatable bonds is 42. The molecule has 41 heteroatoms. The maximum absolute atomic E-state index is 12.9. The van der Waals surface area contributed by atoms with Crippen LogP contribution in [0.3, 0.4) is 0 Å². The van der Waals surface area contributed by atoms with Crippen LogP contribution in [0, 0.1) is 11.8 Å². The number of amides is 3. The van der Waals surface area contributed by atoms with Gasteiger partial charge in [0.05, 0.1) is 85.1 Å². The molecule has 11 N–H and O–H groups in total. The minimum absolute atomic E-state index is 0.0736. The molecule has 2 aromatic heterocycles. The van der Waals surface area contributed by atoms with Gasteiger partial charge in [-0.1, -0.05) is 65.5 Å². The lowest BCUT2D eigenvalue weighted by atomic mass is 9.81. The Morgan fingerprint density at radius 3 is 2.21 bits per heavy atom. The summed E-state index contributed by atoms with van der Waals surface area (Å²) in [6, 6.07) is 9.23. The smallest absolute Gasteiger partial charge is 0.450 e. The Balaban J connectivity index is 0.684. The van der Waals surface area contributed by atoms with Gasteiger partial charge in [0.1, 0.15) is 18.7 Å². The number of nitrogens with one attached hydrogen (secondary N) is 4. The van der Waals surface area contributed by atoms with E-state index in [2.05, 4.69) is 55.9 Å². The van der Waals surface area contributed by atoms with Crippen LogP contribution in [-0.4, -0.2) is 186 Å². The summed E-state index contributed by atoms with van der Waals surface area (Å²) in [5.74, 6) is 5.69. The van der Waals surface area contributed by atoms with E-state index in [1.165, 1.54) is 45.8 Å². The first-order valence-corrected chi connectivity index (χ1v) is 43.0. The van der Waals surface area contributed by atoms with E-state index in [4.69, 9.17) is 48.5 Å². The molecule has 0 radical (unpaired) electrons. The normalized spacial score (nSPS) is 17.6. The molecule has 34 nitrogen and oxygen atoms in total. The second kappa shape index (κ2) is 39.3. The summed E-state index contributed by atoms with van der Waals surface area (Å²) in [7, 11) is -19.8. The minimum atomic E-state index is -5.29. The zero-order chi connectivity index (χ0) is 77.7. The van der Waals surface area contributed by atoms with Gasteiger partial charge in [-0.15, -0.1) is 0 Å². The van der Waals surface area contributed by atoms with Crippen LogP contribution in [0.5, 0.6) is 0 Å². The van der Waals surface area contributed by atoms with Crippen LogP contribution < -0.4 is 32.1 Å². The monoisotopic (exact) mass is 1620 g/mol. The number of fused-ring (bicyclic) bond motifs is 3. The number of carbonyl (C=O) groups is 3. The van der Waals surface area contributed by atoms with Crippen molar-refractivity contribution in [1.29, 1.82) is 0 Å². The van der Waals surface area contributed by atoms with E-state index >= 15 is 0 Å². The van der Waals surface area contributed by atoms with Gasteiger partial charge < -0.3 is 69.4 Å². The van der Waals surface area contributed by atoms with E-state index in [1.807, 2.05) is 78.8 Å². The van der Waals surface area contributed by atoms with E-state index in [0.29, 0.717) is 70.7 Å². The molecule has 0 bridgehead atoms. The van der Waals surface area contributed by atoms with Crippen molar-refractivity contribution in [3.63, 3.8) is 0 Å². The predicted molar refractivity (Wildman–Crippen MR) is 396 cm³/mol. The number of phosphoric acid groups is 2. The standard InChI is InChI=1S/C65H90N9O25P3S4/c1-8-72-51-25-23-47(105(85,86)87)40-49(51)64(4,5)53(72)19-11-9-12-20-54-65(6,7)50-41-48(106(88,89)90)24-26-52(50)73(54)32-14-10-13-21-55(75)67-30-36-91-38-39-92-37-31-69-62(78)95-35-28-63(2,3)104-103-44-93-33-15-16-34-94-61(77)68-29-17-18-45-42-74(58-57(45)59(76)71-60(66)70-58)56-27-22-46(97-56)43-96-102(83,84)99-100(79)98-101(80,81)82/h9,11-12,19-20,23-26,40-42,46,56H,8,10,13-16,21-22,27-39,43-44H2,1-7H3,(H9-2,66,67,68,69,70,71,75,76,77,78,80,81,82,83,84,85,86,87,88,89,90)/p+2/t46-,56+/m0/s1. The summed E-state index contributed by atoms with van der Waals surface area (Å²) in [5.41, 5.74) is 9.38. The van der Waals surface area contributed by atoms with Crippen LogP contribution in [0.2, 0.25) is 0 Å². The molecule has 3 amide bonds. The van der Waals surface area contributed by atoms with Crippen molar-refractivity contribution in [1.82, 2.24) is 30.5 Å². The first-order valence-electron chi connectivity index (χ1n) is 33.7. The molecule has 5 heterocycles. The topological polar surface area (TPSA) is 474 Å². The lowest BCUT2D eigenvalue weighted by Gasteiger charge is -2.25. The fourth-order valence-electron chi connectivity index (χ4n) is 11.6. The number of alkyl carbamates (subject to hydrolysis) is 2. The number of carbonyl (C=O) groups excluding carboxylic acids is 3. The van der Waals surface area contributed by atoms with Gasteiger partial charge in [-0.05, 0) is 130 Å². The number of anilines is 2. The molecule has 0 spiro atoms. The number of aromatic amines is 1. The Bertz CT molecular complexity index is 4400. The summed E-state index contributed by atoms with van der Waals surface area (Å²) in [6.07, 6.45) is 12.9. The number of hydrogen-bond acceptors (Lipinski definition) is 25. The fraction of sp³-hybridized carbons (Fsp3) is 0.538. The van der Waals surface area contributed by atoms with Gasteiger partial charge in [0.25, 0.3) is 25.8 Å². The number of allylic oxidation sites excluding steroid dienone is 6. The van der Waals surface area contributed by atoms with Crippen molar-refractivity contribution in [3.05, 3.63) is 106 Å². The Morgan fingerprint density at radius 1 is 0.840 bits per heavy atom. The van der Waals surface area contributed by atoms with E-state index in [9.17, 15) is 63.7 Å². The molecule has 1 fully saturated rings. The molecule has 4 atom stereocenters. The Labute approximate surface area is 623 Å². The predicted octanol–water partition coefficient (Wildman–Crippen LogP) is 9.09. The number of benzene rings is 2. The number of nitrogens with zero attached hydrogens (tertiary/aromatic N) is 4. The van der Waals surface area contributed by atoms with Crippen molar-refractivity contribution in [2.45, 2.75) is 144 Å². The number of ether oxygens (including phenoxy) is 6. The molecule has 0 saturated carbocycles. The number of unbranched alkanes of at least 4 members (excludes halogenated alkanes) is 3. The van der Waals surface area contributed by atoms with Gasteiger partial charge in [-0.3, -0.25) is 33.1 Å². The molecule has 7 rings (SSSR count). The summed E-state index contributed by atoms with van der Waals surface area (Å²) in [5, 5.41) is 8.13. The van der Waals surface area contributed by atoms with Crippen LogP contribution in [-0.2, 0) is 91.1 Å². The molecule has 3 aliphatic rings. The number of aromatic nitrogens is 3. The molecular weight excluding hydrogens is 1530 g/mol. The zero-order valence-electron chi connectivity index (χ0n) is 59.6. The molecule has 3 aliphatic heterocycles. The highest BCUT2D eigenvalue weighted by Crippen LogP contribution is 2.58. The van der Waals surface area contributed by atoms with Crippen molar-refractivity contribution in [2.75, 3.05) is 102 Å². The van der Waals surface area contributed by atoms with Crippen LogP contribution in [0.4, 0.5) is 26.9 Å². The van der Waals surface area contributed by atoms with Crippen molar-refractivity contribution in [3.8, 4) is 11.8 Å². The van der Waals surface area contributed by atoms with Crippen LogP contribution in [0.15, 0.2) is 93.3 Å². The van der Waals surface area contributed by atoms with Crippen LogP contribution >= 0.6 is 45.5 Å². The average Bonchev–Trinajstić information content (AvgIpc) is 1.61. The Kier molecular flexibility index (Phi) is 32.2. The summed E-state index contributed by atoms with van der Waals surface area (Å²) in [6.45, 7) is 16.9. The van der Waals surface area contributed by atoms with Gasteiger partial charge in [0, 0.05) is 89.1 Å². The molecular formula is C65H92N9O25P3S4+2. The minimum Gasteiger partial charge on any atom is -0.450 e. The SMILES string of the molecule is CCN1\C(=C/C=C/C=C/C2=[N+](CCCCCC(=O)NCCOCCOCCNC(=O)OCCC(C)(C)SSCOCCCCOC(=O)NCC#Cc3cn([C@H]4CC[C@@H](COP(=O)(O)O[P+](=O)OP(=O)(O)O)O4)c4nc(N)[nH]c(=O)c34)c3ccc(S(=O)(=O)O)cc3C2(C)C)C(C)(C)c2cc(S(=O)(=O)O)ccc21. The number of nitrogen functional groups attached to an aromatic ring is 1. The molecule has 1 saturated heterocycles. The lowest BCUT2D eigenvalue weighted by Crippen LogP contribution is -2.30. The van der Waals surface area contributed by atoms with Gasteiger partial charge in [0.15, 0.2) is 11.4 Å². The van der Waals surface area contributed by atoms with Gasteiger partial charge >= 0.3 is 36.1 Å². The summed E-state index contributed by atoms with van der Waals surface area (Å²) in [4.78, 5) is 85.9. The molecule has 4 aromatic rings. The molecule has 2 unspecified atom stereocenters.